The van der Waals surface area contributed by atoms with Crippen molar-refractivity contribution in [2.45, 2.75) is 59.0 Å². The van der Waals surface area contributed by atoms with E-state index in [2.05, 4.69) is 49.1 Å². The molecule has 3 heteroatoms. The number of nitrogens with zero attached hydrogens (tertiary/aromatic N) is 1. The Hall–Kier alpha value is -1.35. The van der Waals surface area contributed by atoms with Crippen molar-refractivity contribution in [1.29, 1.82) is 0 Å². The van der Waals surface area contributed by atoms with Crippen LogP contribution in [0.4, 0.5) is 0 Å². The number of hydrogen-bond acceptors (Lipinski definition) is 3. The van der Waals surface area contributed by atoms with Crippen molar-refractivity contribution >= 4 is 5.97 Å². The molecule has 0 heterocycles. The Balaban J connectivity index is 2.24. The van der Waals surface area contributed by atoms with Crippen LogP contribution in [0.1, 0.15) is 52.0 Å². The predicted molar refractivity (Wildman–Crippen MR) is 87.1 cm³/mol. The summed E-state index contributed by atoms with van der Waals surface area (Å²) in [6.07, 6.45) is 3.69. The molecule has 0 N–H and O–H groups in total. The predicted octanol–water partition coefficient (Wildman–Crippen LogP) is 4.02. The molecular formula is C18H29NO2. The summed E-state index contributed by atoms with van der Waals surface area (Å²) in [4.78, 5) is 13.7. The fourth-order valence-electron chi connectivity index (χ4n) is 2.33. The number of carbonyl (C=O) groups excluding carboxylic acids is 1. The second-order valence-electron chi connectivity index (χ2n) is 5.67. The van der Waals surface area contributed by atoms with Gasteiger partial charge in [0.2, 0.25) is 0 Å². The molecule has 21 heavy (non-hydrogen) atoms. The second kappa shape index (κ2) is 10.4. The summed E-state index contributed by atoms with van der Waals surface area (Å²) >= 11 is 0. The summed E-state index contributed by atoms with van der Waals surface area (Å²) in [5.74, 6) is -0.0671. The molecule has 0 bridgehead atoms. The van der Waals surface area contributed by atoms with E-state index < -0.39 is 0 Å². The fourth-order valence-corrected chi connectivity index (χ4v) is 2.33. The molecule has 0 amide bonds. The van der Waals surface area contributed by atoms with Gasteiger partial charge in [-0.05, 0) is 45.7 Å². The summed E-state index contributed by atoms with van der Waals surface area (Å²) in [5, 5.41) is 0. The first kappa shape index (κ1) is 17.7. The quantitative estimate of drug-likeness (QED) is 0.481. The minimum absolute atomic E-state index is 0.0671. The van der Waals surface area contributed by atoms with Crippen LogP contribution < -0.4 is 0 Å². The van der Waals surface area contributed by atoms with Gasteiger partial charge >= 0.3 is 5.97 Å². The van der Waals surface area contributed by atoms with E-state index in [0.29, 0.717) is 19.1 Å². The van der Waals surface area contributed by atoms with Crippen molar-refractivity contribution in [3.63, 3.8) is 0 Å². The normalized spacial score (nSPS) is 11.1. The monoisotopic (exact) mass is 291 g/mol. The summed E-state index contributed by atoms with van der Waals surface area (Å²) in [6, 6.07) is 11.1. The molecule has 1 aromatic rings. The number of esters is 1. The Morgan fingerprint density at radius 2 is 1.86 bits per heavy atom. The van der Waals surface area contributed by atoms with Crippen LogP contribution in [0.25, 0.3) is 0 Å². The maximum atomic E-state index is 11.3. The van der Waals surface area contributed by atoms with E-state index in [1.165, 1.54) is 5.56 Å². The molecule has 1 rings (SSSR count). The molecule has 0 fully saturated rings. The van der Waals surface area contributed by atoms with Gasteiger partial charge < -0.3 is 4.74 Å². The van der Waals surface area contributed by atoms with Crippen molar-refractivity contribution in [3.05, 3.63) is 35.9 Å². The van der Waals surface area contributed by atoms with Crippen LogP contribution in [0.3, 0.4) is 0 Å². The molecule has 0 aliphatic rings. The summed E-state index contributed by atoms with van der Waals surface area (Å²) in [6.45, 7) is 8.88. The van der Waals surface area contributed by atoms with E-state index in [9.17, 15) is 4.79 Å². The van der Waals surface area contributed by atoms with Gasteiger partial charge in [-0.15, -0.1) is 0 Å². The molecule has 3 nitrogen and oxygen atoms in total. The molecule has 0 saturated carbocycles. The van der Waals surface area contributed by atoms with Crippen LogP contribution in [-0.2, 0) is 16.1 Å². The lowest BCUT2D eigenvalue weighted by Crippen LogP contribution is -2.31. The molecule has 0 radical (unpaired) electrons. The lowest BCUT2D eigenvalue weighted by atomic mass is 10.1. The summed E-state index contributed by atoms with van der Waals surface area (Å²) in [7, 11) is 0. The molecular weight excluding hydrogens is 262 g/mol. The minimum Gasteiger partial charge on any atom is -0.466 e. The standard InChI is InChI=1S/C18H29NO2/c1-4-21-18(20)13-9-6-10-14-19(16(2)3)15-17-11-7-5-8-12-17/h5,7-8,11-12,16H,4,6,9-10,13-15H2,1-3H3. The SMILES string of the molecule is CCOC(=O)CCCCCN(Cc1ccccc1)C(C)C. The highest BCUT2D eigenvalue weighted by Gasteiger charge is 2.10. The zero-order chi connectivity index (χ0) is 15.5. The number of carbonyl (C=O) groups is 1. The Labute approximate surface area is 129 Å². The zero-order valence-corrected chi connectivity index (χ0v) is 13.7. The number of unbranched alkanes of at least 4 members (excludes halogenated alkanes) is 2. The van der Waals surface area contributed by atoms with Gasteiger partial charge in [0.25, 0.3) is 0 Å². The third-order valence-electron chi connectivity index (χ3n) is 3.59. The highest BCUT2D eigenvalue weighted by molar-refractivity contribution is 5.69. The van der Waals surface area contributed by atoms with Gasteiger partial charge in [0.15, 0.2) is 0 Å². The van der Waals surface area contributed by atoms with Crippen LogP contribution in [0.5, 0.6) is 0 Å². The molecule has 118 valence electrons. The average Bonchev–Trinajstić information content (AvgIpc) is 2.47. The Bertz CT molecular complexity index is 389. The number of benzene rings is 1. The van der Waals surface area contributed by atoms with E-state index in [1.54, 1.807) is 0 Å². The van der Waals surface area contributed by atoms with Gasteiger partial charge in [-0.25, -0.2) is 0 Å². The van der Waals surface area contributed by atoms with E-state index >= 15 is 0 Å². The van der Waals surface area contributed by atoms with E-state index in [0.717, 1.165) is 32.4 Å². The van der Waals surface area contributed by atoms with E-state index in [1.807, 2.05) is 6.92 Å². The minimum atomic E-state index is -0.0671. The molecule has 0 aliphatic heterocycles. The number of hydrogen-bond donors (Lipinski definition) is 0. The molecule has 0 saturated heterocycles. The fraction of sp³-hybridized carbons (Fsp3) is 0.611. The van der Waals surface area contributed by atoms with Crippen molar-refractivity contribution < 1.29 is 9.53 Å². The van der Waals surface area contributed by atoms with Crippen LogP contribution >= 0.6 is 0 Å². The van der Waals surface area contributed by atoms with Crippen LogP contribution in [-0.4, -0.2) is 30.1 Å². The van der Waals surface area contributed by atoms with Crippen molar-refractivity contribution in [2.24, 2.45) is 0 Å². The highest BCUT2D eigenvalue weighted by Crippen LogP contribution is 2.11. The second-order valence-corrected chi connectivity index (χ2v) is 5.67. The molecule has 0 aliphatic carbocycles. The molecule has 0 atom stereocenters. The van der Waals surface area contributed by atoms with E-state index in [4.69, 9.17) is 4.74 Å². The lowest BCUT2D eigenvalue weighted by molar-refractivity contribution is -0.143. The topological polar surface area (TPSA) is 29.5 Å². The smallest absolute Gasteiger partial charge is 0.305 e. The van der Waals surface area contributed by atoms with Crippen LogP contribution in [0.2, 0.25) is 0 Å². The van der Waals surface area contributed by atoms with Gasteiger partial charge in [0, 0.05) is 19.0 Å². The Kier molecular flexibility index (Phi) is 8.76. The van der Waals surface area contributed by atoms with Crippen LogP contribution in [0.15, 0.2) is 30.3 Å². The van der Waals surface area contributed by atoms with Crippen molar-refractivity contribution in [1.82, 2.24) is 4.90 Å². The molecule has 0 unspecified atom stereocenters. The first-order valence-electron chi connectivity index (χ1n) is 8.07. The number of rotatable bonds is 10. The number of ether oxygens (including phenoxy) is 1. The third-order valence-corrected chi connectivity index (χ3v) is 3.59. The van der Waals surface area contributed by atoms with Gasteiger partial charge in [0.05, 0.1) is 6.61 Å². The average molecular weight is 291 g/mol. The molecule has 1 aromatic carbocycles. The first-order chi connectivity index (χ1) is 10.1. The van der Waals surface area contributed by atoms with Gasteiger partial charge in [0.1, 0.15) is 0 Å². The molecule has 0 aromatic heterocycles. The first-order valence-corrected chi connectivity index (χ1v) is 8.07. The maximum Gasteiger partial charge on any atom is 0.305 e. The van der Waals surface area contributed by atoms with Crippen LogP contribution in [0, 0.1) is 0 Å². The largest absolute Gasteiger partial charge is 0.466 e. The lowest BCUT2D eigenvalue weighted by Gasteiger charge is -2.26. The van der Waals surface area contributed by atoms with Gasteiger partial charge in [-0.2, -0.15) is 0 Å². The van der Waals surface area contributed by atoms with Crippen molar-refractivity contribution in [2.75, 3.05) is 13.2 Å². The van der Waals surface area contributed by atoms with Crippen molar-refractivity contribution in [3.8, 4) is 0 Å². The Morgan fingerprint density at radius 3 is 2.48 bits per heavy atom. The summed E-state index contributed by atoms with van der Waals surface area (Å²) < 4.78 is 4.94. The Morgan fingerprint density at radius 1 is 1.14 bits per heavy atom. The van der Waals surface area contributed by atoms with Gasteiger partial charge in [-0.3, -0.25) is 9.69 Å². The van der Waals surface area contributed by atoms with Gasteiger partial charge in [-0.1, -0.05) is 36.8 Å². The zero-order valence-electron chi connectivity index (χ0n) is 13.7. The molecule has 0 spiro atoms. The summed E-state index contributed by atoms with van der Waals surface area (Å²) in [5.41, 5.74) is 1.36. The third kappa shape index (κ3) is 7.86. The highest BCUT2D eigenvalue weighted by atomic mass is 16.5. The maximum absolute atomic E-state index is 11.3. The van der Waals surface area contributed by atoms with E-state index in [-0.39, 0.29) is 5.97 Å².